The molecule has 0 bridgehead atoms. The van der Waals surface area contributed by atoms with E-state index < -0.39 is 0 Å². The van der Waals surface area contributed by atoms with Gasteiger partial charge in [0.15, 0.2) is 5.96 Å². The second-order valence-electron chi connectivity index (χ2n) is 7.08. The summed E-state index contributed by atoms with van der Waals surface area (Å²) in [6.07, 6.45) is 7.04. The number of rotatable bonds is 5. The van der Waals surface area contributed by atoms with Crippen LogP contribution in [0.4, 0.5) is 0 Å². The van der Waals surface area contributed by atoms with Crippen LogP contribution in [0.1, 0.15) is 32.6 Å². The van der Waals surface area contributed by atoms with Crippen LogP contribution in [0.2, 0.25) is 0 Å². The number of morpholine rings is 1. The normalized spacial score (nSPS) is 30.5. The smallest absolute Gasteiger partial charge is 0.194 e. The second kappa shape index (κ2) is 9.44. The predicted octanol–water partition coefficient (Wildman–Crippen LogP) is 1.74. The summed E-state index contributed by atoms with van der Waals surface area (Å²) in [7, 11) is 0. The van der Waals surface area contributed by atoms with Gasteiger partial charge in [-0.2, -0.15) is 11.8 Å². The van der Waals surface area contributed by atoms with E-state index in [4.69, 9.17) is 19.2 Å². The van der Waals surface area contributed by atoms with Crippen LogP contribution in [0, 0.1) is 0 Å². The van der Waals surface area contributed by atoms with Gasteiger partial charge < -0.3 is 24.4 Å². The summed E-state index contributed by atoms with van der Waals surface area (Å²) in [6.45, 7) is 8.95. The van der Waals surface area contributed by atoms with Crippen LogP contribution < -0.4 is 5.32 Å². The molecular weight excluding hydrogens is 338 g/mol. The van der Waals surface area contributed by atoms with Gasteiger partial charge in [-0.05, 0) is 38.9 Å². The van der Waals surface area contributed by atoms with Crippen LogP contribution in [0.25, 0.3) is 0 Å². The molecule has 0 aromatic carbocycles. The number of thioether (sulfide) groups is 1. The number of hydrogen-bond acceptors (Lipinski definition) is 5. The summed E-state index contributed by atoms with van der Waals surface area (Å²) in [4.78, 5) is 7.38. The zero-order valence-electron chi connectivity index (χ0n) is 15.7. The summed E-state index contributed by atoms with van der Waals surface area (Å²) < 4.78 is 17.6. The minimum Gasteiger partial charge on any atom is -0.381 e. The first kappa shape index (κ1) is 19.3. The Bertz CT molecular complexity index is 437. The van der Waals surface area contributed by atoms with E-state index in [0.717, 1.165) is 84.2 Å². The molecule has 1 N–H and O–H groups in total. The van der Waals surface area contributed by atoms with Crippen molar-refractivity contribution in [2.24, 2.45) is 4.99 Å². The molecule has 7 heteroatoms. The van der Waals surface area contributed by atoms with Crippen LogP contribution in [0.15, 0.2) is 4.99 Å². The van der Waals surface area contributed by atoms with Gasteiger partial charge in [0.1, 0.15) is 6.10 Å². The van der Waals surface area contributed by atoms with Crippen molar-refractivity contribution >= 4 is 17.7 Å². The van der Waals surface area contributed by atoms with Crippen molar-refractivity contribution in [2.45, 2.75) is 49.6 Å². The van der Waals surface area contributed by atoms with Gasteiger partial charge in [0, 0.05) is 44.2 Å². The minimum atomic E-state index is 0.165. The summed E-state index contributed by atoms with van der Waals surface area (Å²) >= 11 is 1.94. The van der Waals surface area contributed by atoms with Crippen LogP contribution >= 0.6 is 11.8 Å². The molecule has 0 spiro atoms. The lowest BCUT2D eigenvalue weighted by atomic mass is 9.99. The van der Waals surface area contributed by atoms with E-state index in [1.54, 1.807) is 0 Å². The average Bonchev–Trinajstić information content (AvgIpc) is 3.21. The van der Waals surface area contributed by atoms with Crippen molar-refractivity contribution in [3.05, 3.63) is 0 Å². The lowest BCUT2D eigenvalue weighted by Crippen LogP contribution is -2.53. The number of ether oxygens (including phenoxy) is 3. The highest BCUT2D eigenvalue weighted by Crippen LogP contribution is 2.34. The van der Waals surface area contributed by atoms with Crippen LogP contribution in [0.5, 0.6) is 0 Å². The van der Waals surface area contributed by atoms with Gasteiger partial charge in [-0.3, -0.25) is 4.99 Å². The fourth-order valence-electron chi connectivity index (χ4n) is 3.80. The van der Waals surface area contributed by atoms with Gasteiger partial charge in [0.05, 0.1) is 19.3 Å². The molecule has 0 aliphatic carbocycles. The maximum Gasteiger partial charge on any atom is 0.194 e. The van der Waals surface area contributed by atoms with E-state index in [9.17, 15) is 0 Å². The highest BCUT2D eigenvalue weighted by Gasteiger charge is 2.34. The Balaban J connectivity index is 1.64. The third-order valence-corrected chi connectivity index (χ3v) is 6.86. The fraction of sp³-hybridized carbons (Fsp3) is 0.944. The molecule has 0 saturated carbocycles. The summed E-state index contributed by atoms with van der Waals surface area (Å²) in [5, 5.41) is 3.48. The summed E-state index contributed by atoms with van der Waals surface area (Å²) in [5.74, 6) is 1.02. The predicted molar refractivity (Wildman–Crippen MR) is 103 cm³/mol. The quantitative estimate of drug-likeness (QED) is 0.587. The monoisotopic (exact) mass is 371 g/mol. The van der Waals surface area contributed by atoms with Crippen molar-refractivity contribution in [3.8, 4) is 0 Å². The lowest BCUT2D eigenvalue weighted by molar-refractivity contribution is -0.0817. The second-order valence-corrected chi connectivity index (χ2v) is 8.35. The molecule has 3 saturated heterocycles. The Morgan fingerprint density at radius 1 is 1.20 bits per heavy atom. The van der Waals surface area contributed by atoms with E-state index in [-0.39, 0.29) is 17.0 Å². The number of nitrogens with zero attached hydrogens (tertiary/aromatic N) is 2. The number of nitrogens with one attached hydrogen (secondary N) is 1. The van der Waals surface area contributed by atoms with E-state index in [1.807, 2.05) is 11.8 Å². The molecule has 2 unspecified atom stereocenters. The van der Waals surface area contributed by atoms with Crippen molar-refractivity contribution in [2.75, 3.05) is 58.9 Å². The zero-order chi connectivity index (χ0) is 17.5. The third-order valence-electron chi connectivity index (χ3n) is 5.46. The topological polar surface area (TPSA) is 55.3 Å². The van der Waals surface area contributed by atoms with Crippen molar-refractivity contribution in [1.29, 1.82) is 0 Å². The Labute approximate surface area is 156 Å². The Morgan fingerprint density at radius 2 is 2.00 bits per heavy atom. The molecule has 0 radical (unpaired) electrons. The Morgan fingerprint density at radius 3 is 2.68 bits per heavy atom. The van der Waals surface area contributed by atoms with E-state index in [2.05, 4.69) is 23.4 Å². The van der Waals surface area contributed by atoms with Crippen molar-refractivity contribution in [3.63, 3.8) is 0 Å². The van der Waals surface area contributed by atoms with Gasteiger partial charge in [0.25, 0.3) is 0 Å². The van der Waals surface area contributed by atoms with E-state index >= 15 is 0 Å². The molecule has 3 aliphatic heterocycles. The molecule has 3 aliphatic rings. The number of hydrogen-bond donors (Lipinski definition) is 1. The van der Waals surface area contributed by atoms with Crippen LogP contribution in [-0.4, -0.2) is 86.7 Å². The van der Waals surface area contributed by atoms with Crippen molar-refractivity contribution in [1.82, 2.24) is 10.2 Å². The van der Waals surface area contributed by atoms with Crippen LogP contribution in [0.3, 0.4) is 0 Å². The van der Waals surface area contributed by atoms with Gasteiger partial charge in [0.2, 0.25) is 0 Å². The molecular formula is C18H33N3O3S. The minimum absolute atomic E-state index is 0.165. The molecule has 3 fully saturated rings. The average molecular weight is 372 g/mol. The van der Waals surface area contributed by atoms with Gasteiger partial charge in [-0.15, -0.1) is 0 Å². The molecule has 25 heavy (non-hydrogen) atoms. The first-order chi connectivity index (χ1) is 12.3. The van der Waals surface area contributed by atoms with Gasteiger partial charge in [-0.1, -0.05) is 0 Å². The lowest BCUT2D eigenvalue weighted by Gasteiger charge is -2.38. The number of guanidine groups is 1. The molecule has 0 aromatic rings. The summed E-state index contributed by atoms with van der Waals surface area (Å²) in [6, 6.07) is 0. The highest BCUT2D eigenvalue weighted by molar-refractivity contribution is 8.00. The standard InChI is InChI=1S/C18H33N3O3S/c1-3-19-17(20-14-18(25-2)6-10-22-11-7-18)21-8-12-24-16(13-21)15-5-4-9-23-15/h15-16H,3-14H2,1-2H3,(H,19,20). The Kier molecular flexibility index (Phi) is 7.28. The third kappa shape index (κ3) is 5.02. The SMILES string of the molecule is CCNC(=NCC1(SC)CCOCC1)N1CCOC(C2CCCO2)C1. The fourth-order valence-corrected chi connectivity index (χ4v) is 4.57. The zero-order valence-corrected chi connectivity index (χ0v) is 16.5. The summed E-state index contributed by atoms with van der Waals surface area (Å²) in [5.41, 5.74) is 0. The van der Waals surface area contributed by atoms with Crippen molar-refractivity contribution < 1.29 is 14.2 Å². The highest BCUT2D eigenvalue weighted by atomic mass is 32.2. The maximum absolute atomic E-state index is 5.99. The molecule has 0 aromatic heterocycles. The molecule has 0 amide bonds. The van der Waals surface area contributed by atoms with Gasteiger partial charge in [-0.25, -0.2) is 0 Å². The first-order valence-corrected chi connectivity index (χ1v) is 10.9. The first-order valence-electron chi connectivity index (χ1n) is 9.66. The molecule has 3 heterocycles. The van der Waals surface area contributed by atoms with Crippen LogP contribution in [-0.2, 0) is 14.2 Å². The van der Waals surface area contributed by atoms with Gasteiger partial charge >= 0.3 is 0 Å². The molecule has 2 atom stereocenters. The van der Waals surface area contributed by atoms with E-state index in [1.165, 1.54) is 0 Å². The maximum atomic E-state index is 5.99. The number of aliphatic imine (C=N–C) groups is 1. The molecule has 3 rings (SSSR count). The molecule has 6 nitrogen and oxygen atoms in total. The largest absolute Gasteiger partial charge is 0.381 e. The Hall–Kier alpha value is -0.500. The molecule has 144 valence electrons. The van der Waals surface area contributed by atoms with E-state index in [0.29, 0.717) is 0 Å².